The molecule has 152 valence electrons. The Bertz CT molecular complexity index is 671. The molecular weight excluding hydrogens is 345 g/mol. The van der Waals surface area contributed by atoms with E-state index in [4.69, 9.17) is 0 Å². The third kappa shape index (κ3) is 6.44. The summed E-state index contributed by atoms with van der Waals surface area (Å²) in [5.41, 5.74) is 4.25. The van der Waals surface area contributed by atoms with Gasteiger partial charge in [-0.05, 0) is 87.9 Å². The Kier molecular flexibility index (Phi) is 8.09. The summed E-state index contributed by atoms with van der Waals surface area (Å²) >= 11 is 0. The maximum atomic E-state index is 13.3. The average Bonchev–Trinajstić information content (AvgIpc) is 2.72. The zero-order valence-electron chi connectivity index (χ0n) is 17.6. The standard InChI is InChI=1S/C26H36FN/c1-21(2)28(20-18-22-7-4-3-5-8-22)19-6-9-23-10-12-24(13-11-23)25-14-16-26(27)17-15-25/h3-5,7-8,10-13,21,25-26H,6,9,14-20H2,1-2H3. The van der Waals surface area contributed by atoms with Crippen molar-refractivity contribution in [3.05, 3.63) is 71.3 Å². The summed E-state index contributed by atoms with van der Waals surface area (Å²) in [6, 6.07) is 20.5. The van der Waals surface area contributed by atoms with Crippen LogP contribution in [0.2, 0.25) is 0 Å². The Morgan fingerprint density at radius 2 is 1.46 bits per heavy atom. The van der Waals surface area contributed by atoms with E-state index < -0.39 is 6.17 Å². The van der Waals surface area contributed by atoms with Gasteiger partial charge < -0.3 is 4.90 Å². The van der Waals surface area contributed by atoms with Gasteiger partial charge in [-0.25, -0.2) is 4.39 Å². The van der Waals surface area contributed by atoms with Gasteiger partial charge in [0.1, 0.15) is 6.17 Å². The van der Waals surface area contributed by atoms with Crippen LogP contribution in [0.5, 0.6) is 0 Å². The minimum absolute atomic E-state index is 0.565. The molecule has 1 aliphatic carbocycles. The molecule has 0 unspecified atom stereocenters. The largest absolute Gasteiger partial charge is 0.301 e. The van der Waals surface area contributed by atoms with E-state index in [0.717, 1.165) is 51.6 Å². The molecule has 0 radical (unpaired) electrons. The first-order valence-electron chi connectivity index (χ1n) is 11.1. The van der Waals surface area contributed by atoms with Crippen LogP contribution in [0, 0.1) is 0 Å². The summed E-state index contributed by atoms with van der Waals surface area (Å²) in [6.45, 7) is 6.86. The van der Waals surface area contributed by atoms with E-state index in [0.29, 0.717) is 12.0 Å². The van der Waals surface area contributed by atoms with Crippen molar-refractivity contribution in [3.8, 4) is 0 Å². The van der Waals surface area contributed by atoms with Crippen LogP contribution in [0.1, 0.15) is 68.6 Å². The molecule has 0 spiro atoms. The predicted molar refractivity (Wildman–Crippen MR) is 118 cm³/mol. The number of hydrogen-bond donors (Lipinski definition) is 0. The molecule has 1 nitrogen and oxygen atoms in total. The molecule has 0 saturated heterocycles. The van der Waals surface area contributed by atoms with Crippen LogP contribution >= 0.6 is 0 Å². The SMILES string of the molecule is CC(C)N(CCCc1ccc(C2CCC(F)CC2)cc1)CCc1ccccc1. The van der Waals surface area contributed by atoms with Crippen molar-refractivity contribution in [2.75, 3.05) is 13.1 Å². The topological polar surface area (TPSA) is 3.24 Å². The minimum atomic E-state index is -0.568. The van der Waals surface area contributed by atoms with E-state index in [1.165, 1.54) is 23.1 Å². The number of benzene rings is 2. The Morgan fingerprint density at radius 1 is 0.821 bits per heavy atom. The molecule has 2 aromatic rings. The summed E-state index contributed by atoms with van der Waals surface area (Å²) < 4.78 is 13.3. The van der Waals surface area contributed by atoms with Crippen molar-refractivity contribution >= 4 is 0 Å². The van der Waals surface area contributed by atoms with Crippen LogP contribution in [0.15, 0.2) is 54.6 Å². The van der Waals surface area contributed by atoms with E-state index in [1.54, 1.807) is 0 Å². The van der Waals surface area contributed by atoms with Crippen LogP contribution in [-0.2, 0) is 12.8 Å². The Labute approximate surface area is 171 Å². The maximum Gasteiger partial charge on any atom is 0.100 e. The first-order valence-corrected chi connectivity index (χ1v) is 11.1. The first-order chi connectivity index (χ1) is 13.6. The normalized spacial score (nSPS) is 20.0. The monoisotopic (exact) mass is 381 g/mol. The molecule has 3 rings (SSSR count). The summed E-state index contributed by atoms with van der Waals surface area (Å²) in [5.74, 6) is 0.565. The van der Waals surface area contributed by atoms with Crippen molar-refractivity contribution < 1.29 is 4.39 Å². The smallest absolute Gasteiger partial charge is 0.100 e. The summed E-state index contributed by atoms with van der Waals surface area (Å²) in [7, 11) is 0. The Morgan fingerprint density at radius 3 is 2.11 bits per heavy atom. The van der Waals surface area contributed by atoms with Crippen molar-refractivity contribution in [3.63, 3.8) is 0 Å². The number of nitrogens with zero attached hydrogens (tertiary/aromatic N) is 1. The fraction of sp³-hybridized carbons (Fsp3) is 0.538. The number of hydrogen-bond acceptors (Lipinski definition) is 1. The highest BCUT2D eigenvalue weighted by Gasteiger charge is 2.21. The van der Waals surface area contributed by atoms with E-state index in [1.807, 2.05) is 0 Å². The van der Waals surface area contributed by atoms with Gasteiger partial charge in [-0.2, -0.15) is 0 Å². The third-order valence-corrected chi connectivity index (χ3v) is 6.28. The average molecular weight is 382 g/mol. The molecule has 2 heteroatoms. The fourth-order valence-electron chi connectivity index (χ4n) is 4.37. The zero-order chi connectivity index (χ0) is 19.8. The molecule has 1 saturated carbocycles. The van der Waals surface area contributed by atoms with Gasteiger partial charge in [0.2, 0.25) is 0 Å². The highest BCUT2D eigenvalue weighted by Crippen LogP contribution is 2.34. The molecule has 0 atom stereocenters. The first kappa shape index (κ1) is 21.0. The van der Waals surface area contributed by atoms with Gasteiger partial charge in [-0.15, -0.1) is 0 Å². The number of halogens is 1. The molecule has 0 aromatic heterocycles. The predicted octanol–water partition coefficient (Wildman–Crippen LogP) is 6.57. The van der Waals surface area contributed by atoms with E-state index in [-0.39, 0.29) is 0 Å². The zero-order valence-corrected chi connectivity index (χ0v) is 17.6. The molecule has 0 amide bonds. The molecule has 0 bridgehead atoms. The van der Waals surface area contributed by atoms with Gasteiger partial charge in [0.15, 0.2) is 0 Å². The van der Waals surface area contributed by atoms with Crippen LogP contribution in [0.25, 0.3) is 0 Å². The number of alkyl halides is 1. The Balaban J connectivity index is 1.43. The van der Waals surface area contributed by atoms with Gasteiger partial charge >= 0.3 is 0 Å². The van der Waals surface area contributed by atoms with Crippen LogP contribution in [-0.4, -0.2) is 30.2 Å². The van der Waals surface area contributed by atoms with Crippen molar-refractivity contribution in [1.82, 2.24) is 4.90 Å². The third-order valence-electron chi connectivity index (χ3n) is 6.28. The molecule has 0 N–H and O–H groups in total. The second-order valence-corrected chi connectivity index (χ2v) is 8.66. The Hall–Kier alpha value is -1.67. The van der Waals surface area contributed by atoms with Gasteiger partial charge in [0.05, 0.1) is 0 Å². The van der Waals surface area contributed by atoms with Crippen molar-refractivity contribution in [2.24, 2.45) is 0 Å². The van der Waals surface area contributed by atoms with Gasteiger partial charge in [0, 0.05) is 12.6 Å². The van der Waals surface area contributed by atoms with E-state index in [9.17, 15) is 4.39 Å². The summed E-state index contributed by atoms with van der Waals surface area (Å²) in [4.78, 5) is 2.59. The maximum absolute atomic E-state index is 13.3. The molecular formula is C26H36FN. The van der Waals surface area contributed by atoms with E-state index >= 15 is 0 Å². The van der Waals surface area contributed by atoms with Crippen LogP contribution < -0.4 is 0 Å². The van der Waals surface area contributed by atoms with E-state index in [2.05, 4.69) is 73.3 Å². The molecule has 0 heterocycles. The highest BCUT2D eigenvalue weighted by molar-refractivity contribution is 5.26. The highest BCUT2D eigenvalue weighted by atomic mass is 19.1. The van der Waals surface area contributed by atoms with Crippen molar-refractivity contribution in [1.29, 1.82) is 0 Å². The lowest BCUT2D eigenvalue weighted by Crippen LogP contribution is -2.34. The summed E-state index contributed by atoms with van der Waals surface area (Å²) in [5, 5.41) is 0. The van der Waals surface area contributed by atoms with Gasteiger partial charge in [-0.3, -0.25) is 0 Å². The second-order valence-electron chi connectivity index (χ2n) is 8.66. The fourth-order valence-corrected chi connectivity index (χ4v) is 4.37. The molecule has 2 aromatic carbocycles. The molecule has 1 fully saturated rings. The molecule has 0 aliphatic heterocycles. The number of rotatable bonds is 9. The lowest BCUT2D eigenvalue weighted by Gasteiger charge is -2.26. The quantitative estimate of drug-likeness (QED) is 0.475. The van der Waals surface area contributed by atoms with Crippen LogP contribution in [0.4, 0.5) is 4.39 Å². The lowest BCUT2D eigenvalue weighted by molar-refractivity contribution is 0.222. The summed E-state index contributed by atoms with van der Waals surface area (Å²) in [6.07, 6.45) is 6.36. The van der Waals surface area contributed by atoms with Gasteiger partial charge in [0.25, 0.3) is 0 Å². The molecule has 1 aliphatic rings. The minimum Gasteiger partial charge on any atom is -0.301 e. The number of aryl methyl sites for hydroxylation is 1. The van der Waals surface area contributed by atoms with Crippen molar-refractivity contribution in [2.45, 2.75) is 76.9 Å². The van der Waals surface area contributed by atoms with Crippen LogP contribution in [0.3, 0.4) is 0 Å². The van der Waals surface area contributed by atoms with Gasteiger partial charge in [-0.1, -0.05) is 54.6 Å². The second kappa shape index (κ2) is 10.8. The lowest BCUT2D eigenvalue weighted by atomic mass is 9.83. The molecule has 28 heavy (non-hydrogen) atoms.